The second kappa shape index (κ2) is 10.1. The molecule has 144 valence electrons. The van der Waals surface area contributed by atoms with Gasteiger partial charge in [0.05, 0.1) is 6.10 Å². The van der Waals surface area contributed by atoms with Crippen molar-refractivity contribution in [2.75, 3.05) is 13.2 Å². The molecule has 0 bridgehead atoms. The largest absolute Gasteiger partial charge is 0.489 e. The summed E-state index contributed by atoms with van der Waals surface area (Å²) in [5.41, 5.74) is 1.91. The Kier molecular flexibility index (Phi) is 7.24. The Morgan fingerprint density at radius 3 is 2.64 bits per heavy atom. The highest BCUT2D eigenvalue weighted by molar-refractivity contribution is 9.10. The van der Waals surface area contributed by atoms with Crippen molar-refractivity contribution in [2.45, 2.75) is 25.6 Å². The molecular weight excluding hydrogens is 420 g/mol. The normalized spacial score (nSPS) is 16.4. The number of nitriles is 1. The van der Waals surface area contributed by atoms with Crippen LogP contribution in [0.2, 0.25) is 0 Å². The molecule has 1 amide bonds. The van der Waals surface area contributed by atoms with Gasteiger partial charge in [0.1, 0.15) is 24.0 Å². The lowest BCUT2D eigenvalue weighted by atomic mass is 10.1. The smallest absolute Gasteiger partial charge is 0.262 e. The second-order valence-corrected chi connectivity index (χ2v) is 7.41. The minimum Gasteiger partial charge on any atom is -0.489 e. The summed E-state index contributed by atoms with van der Waals surface area (Å²) >= 11 is 3.41. The maximum atomic E-state index is 12.2. The zero-order chi connectivity index (χ0) is 19.8. The van der Waals surface area contributed by atoms with E-state index in [-0.39, 0.29) is 17.6 Å². The number of hydrogen-bond donors (Lipinski definition) is 1. The minimum atomic E-state index is -0.381. The Bertz CT molecular complexity index is 864. The number of hydrogen-bond acceptors (Lipinski definition) is 4. The fourth-order valence-electron chi connectivity index (χ4n) is 2.83. The minimum absolute atomic E-state index is 0.0473. The highest BCUT2D eigenvalue weighted by Gasteiger charge is 2.17. The third kappa shape index (κ3) is 5.95. The van der Waals surface area contributed by atoms with Crippen LogP contribution >= 0.6 is 15.9 Å². The fourth-order valence-corrected chi connectivity index (χ4v) is 3.09. The molecule has 1 N–H and O–H groups in total. The SMILES string of the molecule is N#C/C(=C\c1ccc(OCc2ccc(Br)cc2)cc1)C(=O)NC[C@H]1CCCO1. The lowest BCUT2D eigenvalue weighted by molar-refractivity contribution is -0.117. The standard InChI is InChI=1S/C22H21BrN2O3/c23-19-7-3-17(4-8-19)15-28-20-9-5-16(6-10-20)12-18(13-24)22(26)25-14-21-2-1-11-27-21/h3-10,12,21H,1-2,11,14-15H2,(H,25,26)/b18-12+/t21-/m1/s1. The van der Waals surface area contributed by atoms with Crippen LogP contribution in [0.5, 0.6) is 5.75 Å². The van der Waals surface area contributed by atoms with Gasteiger partial charge in [-0.15, -0.1) is 0 Å². The first-order valence-corrected chi connectivity index (χ1v) is 9.92. The summed E-state index contributed by atoms with van der Waals surface area (Å²) in [6.45, 7) is 1.63. The number of benzene rings is 2. The number of ether oxygens (including phenoxy) is 2. The quantitative estimate of drug-likeness (QED) is 0.516. The van der Waals surface area contributed by atoms with Crippen molar-refractivity contribution in [3.05, 3.63) is 69.7 Å². The Balaban J connectivity index is 1.55. The molecule has 0 spiro atoms. The highest BCUT2D eigenvalue weighted by Crippen LogP contribution is 2.17. The molecule has 1 saturated heterocycles. The van der Waals surface area contributed by atoms with Crippen molar-refractivity contribution in [3.63, 3.8) is 0 Å². The van der Waals surface area contributed by atoms with Crippen LogP contribution in [0, 0.1) is 11.3 Å². The van der Waals surface area contributed by atoms with Gasteiger partial charge in [0.15, 0.2) is 0 Å². The van der Waals surface area contributed by atoms with Crippen LogP contribution in [-0.4, -0.2) is 25.2 Å². The summed E-state index contributed by atoms with van der Waals surface area (Å²) < 4.78 is 12.3. The van der Waals surface area contributed by atoms with E-state index in [9.17, 15) is 10.1 Å². The zero-order valence-corrected chi connectivity index (χ0v) is 16.9. The number of rotatable bonds is 7. The fraction of sp³-hybridized carbons (Fsp3) is 0.273. The Labute approximate surface area is 173 Å². The Hall–Kier alpha value is -2.62. The van der Waals surface area contributed by atoms with E-state index >= 15 is 0 Å². The van der Waals surface area contributed by atoms with Crippen LogP contribution in [0.25, 0.3) is 6.08 Å². The number of carbonyl (C=O) groups is 1. The lowest BCUT2D eigenvalue weighted by Gasteiger charge is -2.10. The third-order valence-electron chi connectivity index (χ3n) is 4.39. The van der Waals surface area contributed by atoms with Crippen molar-refractivity contribution >= 4 is 27.9 Å². The first kappa shape index (κ1) is 20.1. The van der Waals surface area contributed by atoms with Crippen LogP contribution in [0.15, 0.2) is 58.6 Å². The Morgan fingerprint density at radius 1 is 1.25 bits per heavy atom. The number of carbonyl (C=O) groups excluding carboxylic acids is 1. The molecule has 3 rings (SSSR count). The molecule has 0 aromatic heterocycles. The average molecular weight is 441 g/mol. The predicted molar refractivity (Wildman–Crippen MR) is 110 cm³/mol. The molecule has 1 atom stereocenters. The first-order valence-electron chi connectivity index (χ1n) is 9.13. The summed E-state index contributed by atoms with van der Waals surface area (Å²) in [7, 11) is 0. The number of halogens is 1. The first-order chi connectivity index (χ1) is 13.6. The van der Waals surface area contributed by atoms with Crippen molar-refractivity contribution in [2.24, 2.45) is 0 Å². The number of nitrogens with zero attached hydrogens (tertiary/aromatic N) is 1. The van der Waals surface area contributed by atoms with E-state index in [0.717, 1.165) is 40.8 Å². The molecule has 2 aromatic rings. The van der Waals surface area contributed by atoms with E-state index in [1.807, 2.05) is 54.6 Å². The van der Waals surface area contributed by atoms with Gasteiger partial charge in [0, 0.05) is 17.6 Å². The van der Waals surface area contributed by atoms with Gasteiger partial charge in [-0.05, 0) is 54.3 Å². The summed E-state index contributed by atoms with van der Waals surface area (Å²) in [6, 6.07) is 17.2. The second-order valence-electron chi connectivity index (χ2n) is 6.50. The molecule has 1 aliphatic heterocycles. The van der Waals surface area contributed by atoms with Gasteiger partial charge in [-0.1, -0.05) is 40.2 Å². The van der Waals surface area contributed by atoms with Crippen molar-refractivity contribution in [1.29, 1.82) is 5.26 Å². The molecule has 2 aromatic carbocycles. The van der Waals surface area contributed by atoms with Gasteiger partial charge >= 0.3 is 0 Å². The van der Waals surface area contributed by atoms with Crippen LogP contribution in [-0.2, 0) is 16.1 Å². The number of nitrogens with one attached hydrogen (secondary N) is 1. The van der Waals surface area contributed by atoms with E-state index < -0.39 is 0 Å². The van der Waals surface area contributed by atoms with Crippen molar-refractivity contribution in [3.8, 4) is 11.8 Å². The molecule has 6 heteroatoms. The van der Waals surface area contributed by atoms with Gasteiger partial charge in [-0.25, -0.2) is 0 Å². The number of amides is 1. The average Bonchev–Trinajstić information content (AvgIpc) is 3.24. The summed E-state index contributed by atoms with van der Waals surface area (Å²) in [6.07, 6.45) is 3.57. The molecule has 1 aliphatic rings. The topological polar surface area (TPSA) is 71.3 Å². The van der Waals surface area contributed by atoms with Crippen LogP contribution in [0.1, 0.15) is 24.0 Å². The molecule has 1 heterocycles. The Morgan fingerprint density at radius 2 is 2.00 bits per heavy atom. The maximum Gasteiger partial charge on any atom is 0.262 e. The van der Waals surface area contributed by atoms with E-state index in [2.05, 4.69) is 21.2 Å². The molecule has 5 nitrogen and oxygen atoms in total. The van der Waals surface area contributed by atoms with Gasteiger partial charge in [0.2, 0.25) is 0 Å². The predicted octanol–water partition coefficient (Wildman–Crippen LogP) is 4.23. The van der Waals surface area contributed by atoms with Crippen LogP contribution in [0.3, 0.4) is 0 Å². The van der Waals surface area contributed by atoms with E-state index in [4.69, 9.17) is 9.47 Å². The summed E-state index contributed by atoms with van der Waals surface area (Å²) in [5.74, 6) is 0.343. The molecule has 28 heavy (non-hydrogen) atoms. The van der Waals surface area contributed by atoms with E-state index in [1.165, 1.54) is 0 Å². The van der Waals surface area contributed by atoms with Crippen molar-refractivity contribution in [1.82, 2.24) is 5.32 Å². The third-order valence-corrected chi connectivity index (χ3v) is 4.92. The molecule has 0 aliphatic carbocycles. The monoisotopic (exact) mass is 440 g/mol. The van der Waals surface area contributed by atoms with Crippen LogP contribution in [0.4, 0.5) is 0 Å². The van der Waals surface area contributed by atoms with Gasteiger partial charge in [0.25, 0.3) is 5.91 Å². The van der Waals surface area contributed by atoms with E-state index in [1.54, 1.807) is 6.08 Å². The lowest BCUT2D eigenvalue weighted by Crippen LogP contribution is -2.32. The highest BCUT2D eigenvalue weighted by atomic mass is 79.9. The molecule has 0 radical (unpaired) electrons. The van der Waals surface area contributed by atoms with Gasteiger partial charge in [-0.2, -0.15) is 5.26 Å². The van der Waals surface area contributed by atoms with Gasteiger partial charge in [-0.3, -0.25) is 4.79 Å². The maximum absolute atomic E-state index is 12.2. The summed E-state index contributed by atoms with van der Waals surface area (Å²) in [4.78, 5) is 12.2. The molecular formula is C22H21BrN2O3. The molecule has 0 saturated carbocycles. The molecule has 0 unspecified atom stereocenters. The zero-order valence-electron chi connectivity index (χ0n) is 15.4. The van der Waals surface area contributed by atoms with Crippen LogP contribution < -0.4 is 10.1 Å². The van der Waals surface area contributed by atoms with E-state index in [0.29, 0.717) is 13.2 Å². The van der Waals surface area contributed by atoms with Crippen molar-refractivity contribution < 1.29 is 14.3 Å². The van der Waals surface area contributed by atoms with Gasteiger partial charge < -0.3 is 14.8 Å². The molecule has 1 fully saturated rings. The summed E-state index contributed by atoms with van der Waals surface area (Å²) in [5, 5.41) is 12.1.